The predicted molar refractivity (Wildman–Crippen MR) is 76.8 cm³/mol. The number of hydrazine groups is 1. The summed E-state index contributed by atoms with van der Waals surface area (Å²) >= 11 is 1.41. The maximum absolute atomic E-state index is 5.74. The number of benzene rings is 1. The minimum absolute atomic E-state index is 0.0139. The van der Waals surface area contributed by atoms with E-state index in [1.54, 1.807) is 0 Å². The molecule has 0 amide bonds. The first-order valence-electron chi connectivity index (χ1n) is 6.64. The fourth-order valence-corrected chi connectivity index (χ4v) is 3.29. The standard InChI is InChI=1S/C14H18N4S/c1-9-14(19-18-17-9)13(16-15)12-7-3-6-11(8-12)10-4-2-5-10/h3,6-8,10,13,16H,2,4-5,15H2,1H3. The smallest absolute Gasteiger partial charge is 0.0837 e. The third-order valence-corrected chi connectivity index (χ3v) is 4.83. The van der Waals surface area contributed by atoms with Gasteiger partial charge in [-0.3, -0.25) is 5.84 Å². The van der Waals surface area contributed by atoms with Gasteiger partial charge in [0.05, 0.1) is 16.6 Å². The molecular weight excluding hydrogens is 256 g/mol. The molecule has 0 spiro atoms. The zero-order valence-electron chi connectivity index (χ0n) is 11.0. The molecule has 0 bridgehead atoms. The van der Waals surface area contributed by atoms with Crippen molar-refractivity contribution in [1.82, 2.24) is 15.0 Å². The minimum Gasteiger partial charge on any atom is -0.271 e. The number of nitrogens with two attached hydrogens (primary N) is 1. The molecule has 1 atom stereocenters. The maximum atomic E-state index is 5.74. The predicted octanol–water partition coefficient (Wildman–Crippen LogP) is 2.67. The van der Waals surface area contributed by atoms with Gasteiger partial charge in [0.1, 0.15) is 0 Å². The van der Waals surface area contributed by atoms with E-state index in [-0.39, 0.29) is 6.04 Å². The second kappa shape index (κ2) is 5.36. The normalized spacial score (nSPS) is 17.2. The summed E-state index contributed by atoms with van der Waals surface area (Å²) in [5, 5.41) is 4.07. The second-order valence-corrected chi connectivity index (χ2v) is 5.91. The van der Waals surface area contributed by atoms with Crippen molar-refractivity contribution >= 4 is 11.5 Å². The summed E-state index contributed by atoms with van der Waals surface area (Å²) in [6, 6.07) is 8.72. The number of aryl methyl sites for hydroxylation is 1. The first-order valence-corrected chi connectivity index (χ1v) is 7.41. The quantitative estimate of drug-likeness (QED) is 0.664. The largest absolute Gasteiger partial charge is 0.271 e. The fraction of sp³-hybridized carbons (Fsp3) is 0.429. The molecule has 1 saturated carbocycles. The molecule has 2 aromatic rings. The molecule has 1 aromatic carbocycles. The lowest BCUT2D eigenvalue weighted by Crippen LogP contribution is -2.29. The van der Waals surface area contributed by atoms with E-state index in [2.05, 4.69) is 39.3 Å². The topological polar surface area (TPSA) is 63.8 Å². The molecule has 0 saturated heterocycles. The van der Waals surface area contributed by atoms with Crippen LogP contribution in [0.5, 0.6) is 0 Å². The van der Waals surface area contributed by atoms with Crippen molar-refractivity contribution in [3.8, 4) is 0 Å². The van der Waals surface area contributed by atoms with Crippen LogP contribution in [0, 0.1) is 6.92 Å². The molecule has 0 radical (unpaired) electrons. The molecule has 4 nitrogen and oxygen atoms in total. The van der Waals surface area contributed by atoms with Crippen molar-refractivity contribution in [1.29, 1.82) is 0 Å². The fourth-order valence-electron chi connectivity index (χ4n) is 2.56. The van der Waals surface area contributed by atoms with E-state index >= 15 is 0 Å². The SMILES string of the molecule is Cc1nnsc1C(NN)c1cccc(C2CCC2)c1. The highest BCUT2D eigenvalue weighted by Gasteiger charge is 2.22. The van der Waals surface area contributed by atoms with Gasteiger partial charge in [-0.05, 0) is 48.3 Å². The van der Waals surface area contributed by atoms with Gasteiger partial charge in [-0.1, -0.05) is 35.2 Å². The van der Waals surface area contributed by atoms with E-state index in [4.69, 9.17) is 5.84 Å². The van der Waals surface area contributed by atoms with Crippen molar-refractivity contribution in [3.05, 3.63) is 46.0 Å². The maximum Gasteiger partial charge on any atom is 0.0837 e. The molecule has 1 aromatic heterocycles. The minimum atomic E-state index is -0.0139. The lowest BCUT2D eigenvalue weighted by atomic mass is 9.79. The van der Waals surface area contributed by atoms with Crippen molar-refractivity contribution < 1.29 is 0 Å². The summed E-state index contributed by atoms with van der Waals surface area (Å²) in [6.45, 7) is 1.97. The molecule has 3 N–H and O–H groups in total. The molecular formula is C14H18N4S. The molecule has 19 heavy (non-hydrogen) atoms. The van der Waals surface area contributed by atoms with E-state index in [0.29, 0.717) is 0 Å². The van der Waals surface area contributed by atoms with Crippen molar-refractivity contribution in [3.63, 3.8) is 0 Å². The van der Waals surface area contributed by atoms with Gasteiger partial charge in [0.2, 0.25) is 0 Å². The number of rotatable bonds is 4. The number of aromatic nitrogens is 2. The summed E-state index contributed by atoms with van der Waals surface area (Å²) in [5.74, 6) is 6.47. The Balaban J connectivity index is 1.93. The van der Waals surface area contributed by atoms with E-state index in [0.717, 1.165) is 16.5 Å². The number of nitrogens with one attached hydrogen (secondary N) is 1. The van der Waals surface area contributed by atoms with Crippen molar-refractivity contribution in [2.45, 2.75) is 38.1 Å². The molecule has 3 rings (SSSR count). The van der Waals surface area contributed by atoms with Crippen LogP contribution in [0.3, 0.4) is 0 Å². The summed E-state index contributed by atoms with van der Waals surface area (Å²) in [6.07, 6.45) is 3.97. The van der Waals surface area contributed by atoms with Crippen LogP contribution in [0.2, 0.25) is 0 Å². The lowest BCUT2D eigenvalue weighted by molar-refractivity contribution is 0.419. The molecule has 1 aliphatic carbocycles. The monoisotopic (exact) mass is 274 g/mol. The third kappa shape index (κ3) is 2.41. The Morgan fingerprint density at radius 1 is 1.42 bits per heavy atom. The molecule has 1 heterocycles. The van der Waals surface area contributed by atoms with Crippen LogP contribution in [0.25, 0.3) is 0 Å². The molecule has 1 unspecified atom stereocenters. The Morgan fingerprint density at radius 2 is 2.26 bits per heavy atom. The summed E-state index contributed by atoms with van der Waals surface area (Å²) in [7, 11) is 0. The van der Waals surface area contributed by atoms with Crippen LogP contribution in [0.4, 0.5) is 0 Å². The summed E-state index contributed by atoms with van der Waals surface area (Å²) in [5.41, 5.74) is 6.47. The number of hydrogen-bond acceptors (Lipinski definition) is 5. The average Bonchev–Trinajstić information content (AvgIpc) is 2.75. The molecule has 1 aliphatic rings. The zero-order chi connectivity index (χ0) is 13.2. The summed E-state index contributed by atoms with van der Waals surface area (Å²) < 4.78 is 4.00. The van der Waals surface area contributed by atoms with Gasteiger partial charge in [0.25, 0.3) is 0 Å². The Bertz CT molecular complexity index is 562. The second-order valence-electron chi connectivity index (χ2n) is 5.12. The molecule has 5 heteroatoms. The Morgan fingerprint density at radius 3 is 2.84 bits per heavy atom. The number of hydrogen-bond donors (Lipinski definition) is 2. The third-order valence-electron chi connectivity index (χ3n) is 3.94. The van der Waals surface area contributed by atoms with Crippen molar-refractivity contribution in [2.24, 2.45) is 5.84 Å². The Hall–Kier alpha value is -1.30. The van der Waals surface area contributed by atoms with Gasteiger partial charge in [0.15, 0.2) is 0 Å². The van der Waals surface area contributed by atoms with Gasteiger partial charge >= 0.3 is 0 Å². The zero-order valence-corrected chi connectivity index (χ0v) is 11.8. The number of nitrogens with zero attached hydrogens (tertiary/aromatic N) is 2. The van der Waals surface area contributed by atoms with E-state index < -0.39 is 0 Å². The molecule has 100 valence electrons. The van der Waals surface area contributed by atoms with E-state index in [1.165, 1.54) is 41.9 Å². The first kappa shape index (κ1) is 12.7. The molecule has 1 fully saturated rings. The lowest BCUT2D eigenvalue weighted by Gasteiger charge is -2.27. The van der Waals surface area contributed by atoms with Crippen LogP contribution in [0.1, 0.15) is 52.9 Å². The van der Waals surface area contributed by atoms with Crippen LogP contribution < -0.4 is 11.3 Å². The van der Waals surface area contributed by atoms with Gasteiger partial charge in [0, 0.05) is 0 Å². The van der Waals surface area contributed by atoms with E-state index in [9.17, 15) is 0 Å². The van der Waals surface area contributed by atoms with Crippen LogP contribution in [0.15, 0.2) is 24.3 Å². The highest BCUT2D eigenvalue weighted by atomic mass is 32.1. The van der Waals surface area contributed by atoms with Crippen LogP contribution in [-0.4, -0.2) is 9.59 Å². The Labute approximate surface area is 117 Å². The van der Waals surface area contributed by atoms with E-state index in [1.807, 2.05) is 6.92 Å². The summed E-state index contributed by atoms with van der Waals surface area (Å²) in [4.78, 5) is 1.09. The van der Waals surface area contributed by atoms with Crippen LogP contribution >= 0.6 is 11.5 Å². The van der Waals surface area contributed by atoms with Crippen molar-refractivity contribution in [2.75, 3.05) is 0 Å². The average molecular weight is 274 g/mol. The Kier molecular flexibility index (Phi) is 3.59. The van der Waals surface area contributed by atoms with Gasteiger partial charge in [-0.2, -0.15) is 0 Å². The molecule has 0 aliphatic heterocycles. The highest BCUT2D eigenvalue weighted by Crippen LogP contribution is 2.37. The van der Waals surface area contributed by atoms with Crippen LogP contribution in [-0.2, 0) is 0 Å². The van der Waals surface area contributed by atoms with Gasteiger partial charge in [-0.25, -0.2) is 5.43 Å². The van der Waals surface area contributed by atoms with Gasteiger partial charge < -0.3 is 0 Å². The highest BCUT2D eigenvalue weighted by molar-refractivity contribution is 7.05. The van der Waals surface area contributed by atoms with Gasteiger partial charge in [-0.15, -0.1) is 5.10 Å². The first-order chi connectivity index (χ1) is 9.29.